The van der Waals surface area contributed by atoms with Gasteiger partial charge in [-0.2, -0.15) is 0 Å². The van der Waals surface area contributed by atoms with E-state index in [0.717, 1.165) is 12.1 Å². The van der Waals surface area contributed by atoms with Crippen molar-refractivity contribution in [3.05, 3.63) is 40.8 Å². The normalized spacial score (nSPS) is 12.6. The molecule has 19 heavy (non-hydrogen) atoms. The second-order valence-electron chi connectivity index (χ2n) is 4.83. The van der Waals surface area contributed by atoms with E-state index in [9.17, 15) is 14.3 Å². The van der Waals surface area contributed by atoms with Crippen LogP contribution in [0.25, 0.3) is 10.9 Å². The summed E-state index contributed by atoms with van der Waals surface area (Å²) in [5.74, 6) is -1.32. The summed E-state index contributed by atoms with van der Waals surface area (Å²) in [5, 5.41) is 9.65. The number of aromatic carboxylic acids is 1. The van der Waals surface area contributed by atoms with Gasteiger partial charge >= 0.3 is 5.97 Å². The Bertz CT molecular complexity index is 652. The van der Waals surface area contributed by atoms with Gasteiger partial charge in [-0.15, -0.1) is 0 Å². The molecule has 3 nitrogen and oxygen atoms in total. The van der Waals surface area contributed by atoms with Gasteiger partial charge in [0, 0.05) is 11.1 Å². The van der Waals surface area contributed by atoms with Gasteiger partial charge in [0.25, 0.3) is 0 Å². The number of carboxylic acid groups (broad SMARTS) is 1. The first kappa shape index (κ1) is 13.5. The lowest BCUT2D eigenvalue weighted by Gasteiger charge is -2.12. The number of carboxylic acids is 1. The van der Waals surface area contributed by atoms with Crippen molar-refractivity contribution in [2.75, 3.05) is 0 Å². The summed E-state index contributed by atoms with van der Waals surface area (Å²) in [5.41, 5.74) is 2.07. The highest BCUT2D eigenvalue weighted by molar-refractivity contribution is 6.03. The maximum Gasteiger partial charge on any atom is 0.336 e. The van der Waals surface area contributed by atoms with Crippen LogP contribution in [-0.2, 0) is 0 Å². The van der Waals surface area contributed by atoms with Crippen LogP contribution in [0, 0.1) is 12.7 Å². The molecule has 1 heterocycles. The monoisotopic (exact) mass is 261 g/mol. The molecule has 0 saturated heterocycles. The highest BCUT2D eigenvalue weighted by atomic mass is 19.1. The maximum atomic E-state index is 13.4. The summed E-state index contributed by atoms with van der Waals surface area (Å²) >= 11 is 0. The largest absolute Gasteiger partial charge is 0.478 e. The Morgan fingerprint density at radius 1 is 1.42 bits per heavy atom. The molecule has 0 fully saturated rings. The third-order valence-electron chi connectivity index (χ3n) is 3.44. The van der Waals surface area contributed by atoms with E-state index < -0.39 is 11.8 Å². The number of rotatable bonds is 3. The zero-order valence-corrected chi connectivity index (χ0v) is 11.2. The predicted molar refractivity (Wildman–Crippen MR) is 72.1 cm³/mol. The first-order chi connectivity index (χ1) is 8.93. The highest BCUT2D eigenvalue weighted by Crippen LogP contribution is 2.27. The SMILES string of the molecule is CCC(C)c1cc(C(=O)O)c2cc(F)cc(C)c2n1. The van der Waals surface area contributed by atoms with Gasteiger partial charge in [-0.25, -0.2) is 9.18 Å². The van der Waals surface area contributed by atoms with Gasteiger partial charge in [0.2, 0.25) is 0 Å². The summed E-state index contributed by atoms with van der Waals surface area (Å²) in [7, 11) is 0. The lowest BCUT2D eigenvalue weighted by atomic mass is 9.98. The molecule has 1 aromatic heterocycles. The Kier molecular flexibility index (Phi) is 3.51. The Balaban J connectivity index is 2.83. The van der Waals surface area contributed by atoms with Gasteiger partial charge < -0.3 is 5.11 Å². The standard InChI is InChI=1S/C15H16FNO2/c1-4-8(2)13-7-12(15(18)19)11-6-10(16)5-9(3)14(11)17-13/h5-8H,4H2,1-3H3,(H,18,19). The third kappa shape index (κ3) is 2.43. The van der Waals surface area contributed by atoms with Crippen molar-refractivity contribution in [1.29, 1.82) is 0 Å². The Morgan fingerprint density at radius 2 is 2.11 bits per heavy atom. The first-order valence-electron chi connectivity index (χ1n) is 6.28. The number of halogens is 1. The van der Waals surface area contributed by atoms with Crippen molar-refractivity contribution in [2.45, 2.75) is 33.1 Å². The number of carbonyl (C=O) groups is 1. The molecule has 2 rings (SSSR count). The molecule has 0 aliphatic heterocycles. The average molecular weight is 261 g/mol. The van der Waals surface area contributed by atoms with Gasteiger partial charge in [0.15, 0.2) is 0 Å². The number of hydrogen-bond donors (Lipinski definition) is 1. The van der Waals surface area contributed by atoms with Gasteiger partial charge in [-0.05, 0) is 43.0 Å². The van der Waals surface area contributed by atoms with E-state index in [0.29, 0.717) is 16.5 Å². The van der Waals surface area contributed by atoms with Crippen LogP contribution in [0.5, 0.6) is 0 Å². The molecular weight excluding hydrogens is 245 g/mol. The fraction of sp³-hybridized carbons (Fsp3) is 0.333. The van der Waals surface area contributed by atoms with Crippen molar-refractivity contribution in [3.8, 4) is 0 Å². The summed E-state index contributed by atoms with van der Waals surface area (Å²) in [6.07, 6.45) is 0.873. The van der Waals surface area contributed by atoms with Gasteiger partial charge in [0.05, 0.1) is 11.1 Å². The maximum absolute atomic E-state index is 13.4. The van der Waals surface area contributed by atoms with E-state index >= 15 is 0 Å². The molecule has 0 radical (unpaired) electrons. The fourth-order valence-corrected chi connectivity index (χ4v) is 2.11. The Labute approximate surface area is 111 Å². The number of aromatic nitrogens is 1. The molecule has 1 unspecified atom stereocenters. The number of pyridine rings is 1. The van der Waals surface area contributed by atoms with Crippen molar-refractivity contribution in [2.24, 2.45) is 0 Å². The molecule has 0 aliphatic rings. The minimum absolute atomic E-state index is 0.114. The van der Waals surface area contributed by atoms with E-state index in [2.05, 4.69) is 4.98 Å². The molecule has 0 bridgehead atoms. The molecule has 0 spiro atoms. The minimum Gasteiger partial charge on any atom is -0.478 e. The minimum atomic E-state index is -1.05. The van der Waals surface area contributed by atoms with Crippen molar-refractivity contribution in [1.82, 2.24) is 4.98 Å². The smallest absolute Gasteiger partial charge is 0.336 e. The molecule has 0 aliphatic carbocycles. The van der Waals surface area contributed by atoms with Crippen LogP contribution in [-0.4, -0.2) is 16.1 Å². The molecule has 0 amide bonds. The van der Waals surface area contributed by atoms with Gasteiger partial charge in [-0.3, -0.25) is 4.98 Å². The van der Waals surface area contributed by atoms with Crippen LogP contribution in [0.1, 0.15) is 47.8 Å². The van der Waals surface area contributed by atoms with Crippen molar-refractivity contribution in [3.63, 3.8) is 0 Å². The lowest BCUT2D eigenvalue weighted by Crippen LogP contribution is -2.05. The predicted octanol–water partition coefficient (Wildman–Crippen LogP) is 3.89. The molecule has 2 aromatic rings. The Hall–Kier alpha value is -1.97. The lowest BCUT2D eigenvalue weighted by molar-refractivity contribution is 0.0699. The van der Waals surface area contributed by atoms with Crippen LogP contribution >= 0.6 is 0 Å². The van der Waals surface area contributed by atoms with Crippen LogP contribution in [0.2, 0.25) is 0 Å². The summed E-state index contributed by atoms with van der Waals surface area (Å²) in [6, 6.07) is 4.16. The fourth-order valence-electron chi connectivity index (χ4n) is 2.11. The summed E-state index contributed by atoms with van der Waals surface area (Å²) in [6.45, 7) is 5.76. The van der Waals surface area contributed by atoms with Gasteiger partial charge in [-0.1, -0.05) is 13.8 Å². The van der Waals surface area contributed by atoms with Crippen LogP contribution in [0.3, 0.4) is 0 Å². The zero-order chi connectivity index (χ0) is 14.2. The molecule has 1 atom stereocenters. The third-order valence-corrected chi connectivity index (χ3v) is 3.44. The molecule has 100 valence electrons. The number of nitrogens with zero attached hydrogens (tertiary/aromatic N) is 1. The molecular formula is C15H16FNO2. The number of benzene rings is 1. The molecule has 0 saturated carbocycles. The van der Waals surface area contributed by atoms with Crippen LogP contribution in [0.15, 0.2) is 18.2 Å². The Morgan fingerprint density at radius 3 is 2.68 bits per heavy atom. The topological polar surface area (TPSA) is 50.2 Å². The van der Waals surface area contributed by atoms with Crippen molar-refractivity contribution < 1.29 is 14.3 Å². The molecule has 1 N–H and O–H groups in total. The van der Waals surface area contributed by atoms with E-state index in [-0.39, 0.29) is 11.5 Å². The number of aryl methyl sites for hydroxylation is 1. The summed E-state index contributed by atoms with van der Waals surface area (Å²) < 4.78 is 13.4. The van der Waals surface area contributed by atoms with Gasteiger partial charge in [0.1, 0.15) is 5.82 Å². The number of hydrogen-bond acceptors (Lipinski definition) is 2. The van der Waals surface area contributed by atoms with E-state index in [4.69, 9.17) is 0 Å². The van der Waals surface area contributed by atoms with Crippen molar-refractivity contribution >= 4 is 16.9 Å². The molecule has 1 aromatic carbocycles. The quantitative estimate of drug-likeness (QED) is 0.911. The van der Waals surface area contributed by atoms with Crippen LogP contribution in [0.4, 0.5) is 4.39 Å². The van der Waals surface area contributed by atoms with E-state index in [1.807, 2.05) is 13.8 Å². The highest BCUT2D eigenvalue weighted by Gasteiger charge is 2.16. The van der Waals surface area contributed by atoms with Crippen LogP contribution < -0.4 is 0 Å². The molecule has 4 heteroatoms. The zero-order valence-electron chi connectivity index (χ0n) is 11.2. The summed E-state index contributed by atoms with van der Waals surface area (Å²) in [4.78, 5) is 15.9. The van der Waals surface area contributed by atoms with E-state index in [1.54, 1.807) is 13.0 Å². The average Bonchev–Trinajstić information content (AvgIpc) is 2.36. The van der Waals surface area contributed by atoms with E-state index in [1.165, 1.54) is 12.1 Å². The number of fused-ring (bicyclic) bond motifs is 1. The second-order valence-corrected chi connectivity index (χ2v) is 4.83. The first-order valence-corrected chi connectivity index (χ1v) is 6.28. The second kappa shape index (κ2) is 4.96.